The highest BCUT2D eigenvalue weighted by atomic mass is 16.2. The lowest BCUT2D eigenvalue weighted by molar-refractivity contribution is -0.117. The predicted octanol–water partition coefficient (Wildman–Crippen LogP) is 6.43. The van der Waals surface area contributed by atoms with Crippen molar-refractivity contribution >= 4 is 58.1 Å². The molecule has 3 aromatic carbocycles. The minimum Gasteiger partial charge on any atom is -0.324 e. The second kappa shape index (κ2) is 13.2. The fourth-order valence-electron chi connectivity index (χ4n) is 6.07. The number of aromatic nitrogens is 3. The normalized spacial score (nSPS) is 15.4. The third-order valence-corrected chi connectivity index (χ3v) is 8.78. The molecule has 0 fully saturated rings. The highest BCUT2D eigenvalue weighted by Gasteiger charge is 2.32. The number of anilines is 6. The zero-order valence-electron chi connectivity index (χ0n) is 28.1. The summed E-state index contributed by atoms with van der Waals surface area (Å²) in [6, 6.07) is 23.3. The Labute approximate surface area is 289 Å². The van der Waals surface area contributed by atoms with Crippen LogP contribution in [0.5, 0.6) is 0 Å². The number of aliphatic imine (C=N–C) groups is 1. The first-order valence-corrected chi connectivity index (χ1v) is 16.2. The molecule has 0 radical (unpaired) electrons. The molecule has 2 aliphatic heterocycles. The second-order valence-corrected chi connectivity index (χ2v) is 12.4. The number of nitrogens with one attached hydrogen (secondary N) is 3. The van der Waals surface area contributed by atoms with E-state index in [0.29, 0.717) is 46.5 Å². The number of carbonyl (C=O) groups excluding carboxylic acids is 3. The molecule has 7 rings (SSSR count). The number of hydrogen-bond donors (Lipinski definition) is 3. The monoisotopic (exact) mass is 665 g/mol. The van der Waals surface area contributed by atoms with Gasteiger partial charge in [-0.2, -0.15) is 4.98 Å². The van der Waals surface area contributed by atoms with Gasteiger partial charge in [-0.1, -0.05) is 42.5 Å². The number of urea groups is 1. The SMILES string of the molecule is CC1=NC(Cc2ccccc2)C(=O)Nc2cc(C(=O)Nc3ccc(C)c(N4Cc5cnc(Nc6ccc(C)nc6)nc5N(C)C4=O)c3)ccc21. The van der Waals surface area contributed by atoms with E-state index in [1.54, 1.807) is 54.7 Å². The van der Waals surface area contributed by atoms with Crippen LogP contribution in [0.4, 0.5) is 39.3 Å². The van der Waals surface area contributed by atoms with E-state index in [1.165, 1.54) is 4.90 Å². The third-order valence-electron chi connectivity index (χ3n) is 8.78. The average Bonchev–Trinajstić information content (AvgIpc) is 3.23. The second-order valence-electron chi connectivity index (χ2n) is 12.4. The van der Waals surface area contributed by atoms with E-state index in [1.807, 2.05) is 69.3 Å². The first-order chi connectivity index (χ1) is 24.1. The highest BCUT2D eigenvalue weighted by molar-refractivity contribution is 6.13. The van der Waals surface area contributed by atoms with Crippen molar-refractivity contribution in [2.75, 3.05) is 32.8 Å². The molecule has 0 aliphatic carbocycles. The number of aryl methyl sites for hydroxylation is 2. The van der Waals surface area contributed by atoms with E-state index in [0.717, 1.165) is 33.6 Å². The van der Waals surface area contributed by atoms with Crippen LogP contribution in [0, 0.1) is 13.8 Å². The van der Waals surface area contributed by atoms with Gasteiger partial charge in [0.05, 0.1) is 29.8 Å². The Kier molecular flexibility index (Phi) is 8.50. The molecule has 1 atom stereocenters. The van der Waals surface area contributed by atoms with E-state index < -0.39 is 6.04 Å². The number of rotatable bonds is 7. The molecule has 2 aromatic heterocycles. The van der Waals surface area contributed by atoms with Gasteiger partial charge >= 0.3 is 6.03 Å². The predicted molar refractivity (Wildman–Crippen MR) is 195 cm³/mol. The Hall–Kier alpha value is -6.43. The van der Waals surface area contributed by atoms with Crippen LogP contribution in [0.1, 0.15) is 45.2 Å². The zero-order chi connectivity index (χ0) is 34.9. The summed E-state index contributed by atoms with van der Waals surface area (Å²) in [5.74, 6) is 0.274. The fourth-order valence-corrected chi connectivity index (χ4v) is 6.07. The summed E-state index contributed by atoms with van der Waals surface area (Å²) >= 11 is 0. The molecule has 12 heteroatoms. The molecule has 2 aliphatic rings. The van der Waals surface area contributed by atoms with Crippen LogP contribution in [0.3, 0.4) is 0 Å². The first kappa shape index (κ1) is 32.1. The largest absolute Gasteiger partial charge is 0.330 e. The number of amides is 4. The minimum absolute atomic E-state index is 0.230. The Bertz CT molecular complexity index is 2170. The van der Waals surface area contributed by atoms with E-state index >= 15 is 0 Å². The lowest BCUT2D eigenvalue weighted by atomic mass is 10.0. The van der Waals surface area contributed by atoms with Gasteiger partial charge in [0.1, 0.15) is 11.9 Å². The van der Waals surface area contributed by atoms with Crippen molar-refractivity contribution < 1.29 is 14.4 Å². The fraction of sp³-hybridized carbons (Fsp3) is 0.184. The number of benzene rings is 3. The Morgan fingerprint density at radius 1 is 0.920 bits per heavy atom. The van der Waals surface area contributed by atoms with Gasteiger partial charge in [-0.15, -0.1) is 0 Å². The molecule has 3 N–H and O–H groups in total. The molecule has 250 valence electrons. The molecule has 4 amide bonds. The van der Waals surface area contributed by atoms with E-state index in [4.69, 9.17) is 4.99 Å². The standard InChI is InChI=1S/C38H35N9O3/c1-22-10-13-28(18-33(22)47-21-27-19-40-37(45-34(27)46(4)38(47)50)43-29-14-11-23(2)39-20-29)42-35(48)26-12-15-30-24(3)41-32(36(49)44-31(30)17-26)16-25-8-6-5-7-9-25/h5-15,17-20,32H,16,21H2,1-4H3,(H,42,48)(H,44,49)(H,40,43,45). The number of hydrogen-bond acceptors (Lipinski definition) is 8. The molecule has 0 bridgehead atoms. The molecule has 12 nitrogen and oxygen atoms in total. The van der Waals surface area contributed by atoms with Crippen LogP contribution < -0.4 is 25.8 Å². The van der Waals surface area contributed by atoms with Gasteiger partial charge in [-0.25, -0.2) is 9.78 Å². The maximum Gasteiger partial charge on any atom is 0.330 e. The van der Waals surface area contributed by atoms with Gasteiger partial charge in [-0.05, 0) is 68.3 Å². The number of benzodiazepines with no additional fused rings is 1. The van der Waals surface area contributed by atoms with Crippen molar-refractivity contribution in [1.82, 2.24) is 15.0 Å². The summed E-state index contributed by atoms with van der Waals surface area (Å²) < 4.78 is 0. The summed E-state index contributed by atoms with van der Waals surface area (Å²) in [7, 11) is 1.67. The summed E-state index contributed by atoms with van der Waals surface area (Å²) in [5, 5.41) is 9.08. The maximum absolute atomic E-state index is 13.7. The smallest absolute Gasteiger partial charge is 0.324 e. The van der Waals surface area contributed by atoms with Crippen molar-refractivity contribution in [3.8, 4) is 0 Å². The van der Waals surface area contributed by atoms with Gasteiger partial charge in [-0.3, -0.25) is 29.4 Å². The molecule has 4 heterocycles. The molecule has 1 unspecified atom stereocenters. The number of carbonyl (C=O) groups is 3. The third kappa shape index (κ3) is 6.50. The molecule has 0 saturated heterocycles. The van der Waals surface area contributed by atoms with Gasteiger partial charge in [0.25, 0.3) is 5.91 Å². The molecular formula is C38H35N9O3. The first-order valence-electron chi connectivity index (χ1n) is 16.2. The summed E-state index contributed by atoms with van der Waals surface area (Å²) in [6.07, 6.45) is 3.88. The van der Waals surface area contributed by atoms with Crippen molar-refractivity contribution in [1.29, 1.82) is 0 Å². The number of pyridine rings is 1. The average molecular weight is 666 g/mol. The Balaban J connectivity index is 1.07. The molecule has 0 saturated carbocycles. The lowest BCUT2D eigenvalue weighted by Crippen LogP contribution is -2.46. The lowest BCUT2D eigenvalue weighted by Gasteiger charge is -2.35. The minimum atomic E-state index is -0.585. The maximum atomic E-state index is 13.7. The van der Waals surface area contributed by atoms with Crippen LogP contribution in [0.25, 0.3) is 0 Å². The van der Waals surface area contributed by atoms with Crippen molar-refractivity contribution in [3.63, 3.8) is 0 Å². The summed E-state index contributed by atoms with van der Waals surface area (Å²) in [6.45, 7) is 5.94. The molecule has 0 spiro atoms. The van der Waals surface area contributed by atoms with E-state index in [-0.39, 0.29) is 24.4 Å². The van der Waals surface area contributed by atoms with Gasteiger partial charge in [0.15, 0.2) is 0 Å². The Morgan fingerprint density at radius 2 is 1.72 bits per heavy atom. The quantitative estimate of drug-likeness (QED) is 0.182. The zero-order valence-corrected chi connectivity index (χ0v) is 28.1. The highest BCUT2D eigenvalue weighted by Crippen LogP contribution is 2.34. The summed E-state index contributed by atoms with van der Waals surface area (Å²) in [5.41, 5.74) is 7.80. The van der Waals surface area contributed by atoms with Crippen LogP contribution >= 0.6 is 0 Å². The van der Waals surface area contributed by atoms with E-state index in [2.05, 4.69) is 30.9 Å². The Morgan fingerprint density at radius 3 is 2.50 bits per heavy atom. The van der Waals surface area contributed by atoms with Gasteiger partial charge in [0, 0.05) is 53.4 Å². The van der Waals surface area contributed by atoms with Crippen LogP contribution in [0.15, 0.2) is 96.2 Å². The number of fused-ring (bicyclic) bond motifs is 2. The van der Waals surface area contributed by atoms with Gasteiger partial charge in [0.2, 0.25) is 11.9 Å². The van der Waals surface area contributed by atoms with Gasteiger partial charge < -0.3 is 16.0 Å². The van der Waals surface area contributed by atoms with E-state index in [9.17, 15) is 14.4 Å². The van der Waals surface area contributed by atoms with Crippen LogP contribution in [-0.4, -0.2) is 51.6 Å². The molecular weight excluding hydrogens is 630 g/mol. The summed E-state index contributed by atoms with van der Waals surface area (Å²) in [4.78, 5) is 61.6. The molecule has 50 heavy (non-hydrogen) atoms. The van der Waals surface area contributed by atoms with Crippen LogP contribution in [-0.2, 0) is 17.8 Å². The van der Waals surface area contributed by atoms with Crippen molar-refractivity contribution in [2.24, 2.45) is 4.99 Å². The van der Waals surface area contributed by atoms with Crippen molar-refractivity contribution in [3.05, 3.63) is 125 Å². The number of nitrogens with zero attached hydrogens (tertiary/aromatic N) is 6. The van der Waals surface area contributed by atoms with Crippen LogP contribution in [0.2, 0.25) is 0 Å². The molecule has 5 aromatic rings. The topological polar surface area (TPSA) is 145 Å². The van der Waals surface area contributed by atoms with Crippen molar-refractivity contribution in [2.45, 2.75) is 39.8 Å².